The lowest BCUT2D eigenvalue weighted by atomic mass is 10.0. The van der Waals surface area contributed by atoms with Crippen LogP contribution in [0, 0.1) is 0 Å². The first-order chi connectivity index (χ1) is 12.9. The van der Waals surface area contributed by atoms with E-state index >= 15 is 0 Å². The number of nitrogens with one attached hydrogen (secondary N) is 1. The quantitative estimate of drug-likeness (QED) is 0.872. The Labute approximate surface area is 161 Å². The molecule has 6 heteroatoms. The lowest BCUT2D eigenvalue weighted by molar-refractivity contribution is 0.0644. The first kappa shape index (κ1) is 18.3. The van der Waals surface area contributed by atoms with Crippen LogP contribution in [0.5, 0.6) is 0 Å². The molecule has 0 spiro atoms. The Morgan fingerprint density at radius 1 is 1.04 bits per heavy atom. The lowest BCUT2D eigenvalue weighted by Crippen LogP contribution is -2.53. The van der Waals surface area contributed by atoms with Crippen LogP contribution >= 0.6 is 0 Å². The molecule has 0 bridgehead atoms. The Kier molecular flexibility index (Phi) is 4.64. The molecule has 1 aliphatic carbocycles. The SMILES string of the molecule is CC1(C)COCCN1c1ccc(NS(=O)(=O)c2ccc3c(c2)CCC3)cc1. The zero-order valence-electron chi connectivity index (χ0n) is 15.9. The fourth-order valence-electron chi connectivity index (χ4n) is 3.98. The van der Waals surface area contributed by atoms with Gasteiger partial charge in [0.25, 0.3) is 10.0 Å². The Bertz CT molecular complexity index is 936. The Balaban J connectivity index is 1.52. The highest BCUT2D eigenvalue weighted by molar-refractivity contribution is 7.92. The van der Waals surface area contributed by atoms with Crippen LogP contribution in [-0.2, 0) is 27.6 Å². The number of hydrogen-bond donors (Lipinski definition) is 1. The van der Waals surface area contributed by atoms with Gasteiger partial charge in [-0.25, -0.2) is 8.42 Å². The van der Waals surface area contributed by atoms with Crippen LogP contribution in [0.2, 0.25) is 0 Å². The highest BCUT2D eigenvalue weighted by Gasteiger charge is 2.30. The van der Waals surface area contributed by atoms with Crippen molar-refractivity contribution in [1.29, 1.82) is 0 Å². The minimum atomic E-state index is -3.58. The van der Waals surface area contributed by atoms with E-state index in [1.165, 1.54) is 5.56 Å². The molecule has 0 unspecified atom stereocenters. The maximum atomic E-state index is 12.8. The van der Waals surface area contributed by atoms with E-state index in [0.717, 1.165) is 37.1 Å². The largest absolute Gasteiger partial charge is 0.377 e. The molecule has 0 aromatic heterocycles. The van der Waals surface area contributed by atoms with E-state index in [4.69, 9.17) is 4.74 Å². The van der Waals surface area contributed by atoms with E-state index < -0.39 is 10.0 Å². The van der Waals surface area contributed by atoms with Gasteiger partial charge in [0.05, 0.1) is 23.6 Å². The molecule has 1 aliphatic heterocycles. The van der Waals surface area contributed by atoms with E-state index in [1.807, 2.05) is 36.4 Å². The first-order valence-corrected chi connectivity index (χ1v) is 10.9. The number of aryl methyl sites for hydroxylation is 2. The smallest absolute Gasteiger partial charge is 0.261 e. The molecule has 2 aromatic carbocycles. The summed E-state index contributed by atoms with van der Waals surface area (Å²) in [4.78, 5) is 2.64. The molecule has 144 valence electrons. The molecule has 0 radical (unpaired) electrons. The third-order valence-electron chi connectivity index (χ3n) is 5.46. The minimum Gasteiger partial charge on any atom is -0.377 e. The average molecular weight is 387 g/mol. The maximum Gasteiger partial charge on any atom is 0.261 e. The number of anilines is 2. The molecule has 2 aliphatic rings. The summed E-state index contributed by atoms with van der Waals surface area (Å²) in [6, 6.07) is 13.0. The summed E-state index contributed by atoms with van der Waals surface area (Å²) < 4.78 is 33.8. The van der Waals surface area contributed by atoms with Gasteiger partial charge in [0.1, 0.15) is 0 Å². The van der Waals surface area contributed by atoms with Gasteiger partial charge in [0.15, 0.2) is 0 Å². The van der Waals surface area contributed by atoms with Crippen molar-refractivity contribution in [3.63, 3.8) is 0 Å². The minimum absolute atomic E-state index is 0.0797. The van der Waals surface area contributed by atoms with Crippen LogP contribution in [0.25, 0.3) is 0 Å². The molecule has 27 heavy (non-hydrogen) atoms. The lowest BCUT2D eigenvalue weighted by Gasteiger charge is -2.43. The second-order valence-electron chi connectivity index (χ2n) is 7.95. The van der Waals surface area contributed by atoms with Crippen molar-refractivity contribution in [2.45, 2.75) is 43.5 Å². The third kappa shape index (κ3) is 3.69. The predicted molar refractivity (Wildman–Crippen MR) is 108 cm³/mol. The van der Waals surface area contributed by atoms with Crippen molar-refractivity contribution in [1.82, 2.24) is 0 Å². The molecule has 0 saturated carbocycles. The van der Waals surface area contributed by atoms with Gasteiger partial charge in [0, 0.05) is 17.9 Å². The number of ether oxygens (including phenoxy) is 1. The van der Waals surface area contributed by atoms with Crippen molar-refractivity contribution in [2.75, 3.05) is 29.4 Å². The van der Waals surface area contributed by atoms with Crippen molar-refractivity contribution < 1.29 is 13.2 Å². The van der Waals surface area contributed by atoms with Gasteiger partial charge in [-0.2, -0.15) is 0 Å². The standard InChI is InChI=1S/C21H26N2O3S/c1-21(2)15-26-13-12-23(21)19-9-7-18(8-10-19)22-27(24,25)20-11-6-16-4-3-5-17(16)14-20/h6-11,14,22H,3-5,12-13,15H2,1-2H3. The molecule has 2 aromatic rings. The van der Waals surface area contributed by atoms with Gasteiger partial charge in [-0.3, -0.25) is 4.72 Å². The second-order valence-corrected chi connectivity index (χ2v) is 9.64. The van der Waals surface area contributed by atoms with E-state index in [2.05, 4.69) is 23.5 Å². The average Bonchev–Trinajstić information content (AvgIpc) is 3.10. The number of fused-ring (bicyclic) bond motifs is 1. The molecule has 0 atom stereocenters. The van der Waals surface area contributed by atoms with Gasteiger partial charge in [-0.15, -0.1) is 0 Å². The molecule has 1 N–H and O–H groups in total. The van der Waals surface area contributed by atoms with Crippen LogP contribution < -0.4 is 9.62 Å². The summed E-state index contributed by atoms with van der Waals surface area (Å²) in [5.74, 6) is 0. The Morgan fingerprint density at radius 2 is 1.78 bits per heavy atom. The summed E-state index contributed by atoms with van der Waals surface area (Å²) in [6.07, 6.45) is 3.11. The van der Waals surface area contributed by atoms with Gasteiger partial charge in [-0.1, -0.05) is 6.07 Å². The maximum absolute atomic E-state index is 12.8. The van der Waals surface area contributed by atoms with Crippen LogP contribution in [0.15, 0.2) is 47.4 Å². The number of hydrogen-bond acceptors (Lipinski definition) is 4. The van der Waals surface area contributed by atoms with E-state index in [0.29, 0.717) is 23.8 Å². The van der Waals surface area contributed by atoms with Gasteiger partial charge >= 0.3 is 0 Å². The zero-order chi connectivity index (χ0) is 19.1. The summed E-state index contributed by atoms with van der Waals surface area (Å²) >= 11 is 0. The molecule has 0 amide bonds. The van der Waals surface area contributed by atoms with Crippen LogP contribution in [0.4, 0.5) is 11.4 Å². The second kappa shape index (κ2) is 6.84. The van der Waals surface area contributed by atoms with E-state index in [1.54, 1.807) is 6.07 Å². The third-order valence-corrected chi connectivity index (χ3v) is 6.84. The fourth-order valence-corrected chi connectivity index (χ4v) is 5.08. The van der Waals surface area contributed by atoms with Crippen molar-refractivity contribution in [3.05, 3.63) is 53.6 Å². The first-order valence-electron chi connectivity index (χ1n) is 9.45. The number of sulfonamides is 1. The van der Waals surface area contributed by atoms with Gasteiger partial charge in [-0.05, 0) is 80.6 Å². The molecule has 1 heterocycles. The topological polar surface area (TPSA) is 58.6 Å². The van der Waals surface area contributed by atoms with Crippen molar-refractivity contribution in [2.24, 2.45) is 0 Å². The molecule has 4 rings (SSSR count). The van der Waals surface area contributed by atoms with E-state index in [9.17, 15) is 8.42 Å². The molecule has 5 nitrogen and oxygen atoms in total. The molecule has 1 fully saturated rings. The molecular weight excluding hydrogens is 360 g/mol. The fraction of sp³-hybridized carbons (Fsp3) is 0.429. The summed E-state index contributed by atoms with van der Waals surface area (Å²) in [7, 11) is -3.58. The normalized spacial score (nSPS) is 19.0. The molecular formula is C21H26N2O3S. The van der Waals surface area contributed by atoms with Crippen molar-refractivity contribution >= 4 is 21.4 Å². The predicted octanol–water partition coefficient (Wildman–Crippen LogP) is 3.59. The monoisotopic (exact) mass is 386 g/mol. The van der Waals surface area contributed by atoms with Crippen LogP contribution in [-0.4, -0.2) is 33.7 Å². The van der Waals surface area contributed by atoms with Crippen LogP contribution in [0.3, 0.4) is 0 Å². The number of nitrogens with zero attached hydrogens (tertiary/aromatic N) is 1. The summed E-state index contributed by atoms with van der Waals surface area (Å²) in [5.41, 5.74) is 3.99. The highest BCUT2D eigenvalue weighted by Crippen LogP contribution is 2.29. The molecule has 1 saturated heterocycles. The van der Waals surface area contributed by atoms with Gasteiger partial charge in [0.2, 0.25) is 0 Å². The van der Waals surface area contributed by atoms with Gasteiger partial charge < -0.3 is 9.64 Å². The highest BCUT2D eigenvalue weighted by atomic mass is 32.2. The Morgan fingerprint density at radius 3 is 2.52 bits per heavy atom. The van der Waals surface area contributed by atoms with Crippen LogP contribution in [0.1, 0.15) is 31.4 Å². The number of morpholine rings is 1. The summed E-state index contributed by atoms with van der Waals surface area (Å²) in [5, 5.41) is 0. The van der Waals surface area contributed by atoms with E-state index in [-0.39, 0.29) is 5.54 Å². The zero-order valence-corrected chi connectivity index (χ0v) is 16.7. The summed E-state index contributed by atoms with van der Waals surface area (Å²) in [6.45, 7) is 6.51. The van der Waals surface area contributed by atoms with Crippen molar-refractivity contribution in [3.8, 4) is 0 Å². The number of rotatable bonds is 4. The Hall–Kier alpha value is -2.05. The number of benzene rings is 2.